The molecule has 0 aromatic heterocycles. The first kappa shape index (κ1) is 21.9. The van der Waals surface area contributed by atoms with Crippen molar-refractivity contribution < 1.29 is 27.5 Å². The van der Waals surface area contributed by atoms with E-state index >= 15 is 0 Å². The summed E-state index contributed by atoms with van der Waals surface area (Å²) in [6, 6.07) is 11.6. The van der Waals surface area contributed by atoms with Crippen molar-refractivity contribution in [2.24, 2.45) is 0 Å². The van der Waals surface area contributed by atoms with Gasteiger partial charge in [0.1, 0.15) is 0 Å². The average molecular weight is 432 g/mol. The first-order valence-corrected chi connectivity index (χ1v) is 10.9. The summed E-state index contributed by atoms with van der Waals surface area (Å²) < 4.78 is 37.5. The Labute approximate surface area is 175 Å². The van der Waals surface area contributed by atoms with E-state index in [4.69, 9.17) is 9.47 Å². The SMILES string of the molecule is Cc1ccccc1C(=O)OCC(=O)Nc1ccc(C)c(S(=O)(=O)N2CCOCC2)c1. The number of carbonyl (C=O) groups excluding carboxylic acids is 2. The Hall–Kier alpha value is -2.75. The van der Waals surface area contributed by atoms with Gasteiger partial charge in [-0.15, -0.1) is 0 Å². The standard InChI is InChI=1S/C21H24N2O6S/c1-15-5-3-4-6-18(15)21(25)29-14-20(24)22-17-8-7-16(2)19(13-17)30(26,27)23-9-11-28-12-10-23/h3-8,13H,9-12,14H2,1-2H3,(H,22,24). The van der Waals surface area contributed by atoms with Crippen LogP contribution in [-0.2, 0) is 24.3 Å². The molecule has 1 aliphatic heterocycles. The lowest BCUT2D eigenvalue weighted by Gasteiger charge is -2.26. The number of anilines is 1. The first-order chi connectivity index (χ1) is 14.3. The number of morpholine rings is 1. The molecule has 1 saturated heterocycles. The molecule has 0 bridgehead atoms. The summed E-state index contributed by atoms with van der Waals surface area (Å²) in [6.45, 7) is 4.26. The summed E-state index contributed by atoms with van der Waals surface area (Å²) in [7, 11) is -3.70. The van der Waals surface area contributed by atoms with Gasteiger partial charge in [-0.2, -0.15) is 4.31 Å². The van der Waals surface area contributed by atoms with Crippen molar-refractivity contribution in [1.29, 1.82) is 0 Å². The van der Waals surface area contributed by atoms with Crippen molar-refractivity contribution in [2.75, 3.05) is 38.2 Å². The summed E-state index contributed by atoms with van der Waals surface area (Å²) in [4.78, 5) is 24.5. The molecule has 0 radical (unpaired) electrons. The second-order valence-electron chi connectivity index (χ2n) is 6.94. The number of hydrogen-bond acceptors (Lipinski definition) is 6. The van der Waals surface area contributed by atoms with Gasteiger partial charge in [0.2, 0.25) is 10.0 Å². The van der Waals surface area contributed by atoms with E-state index in [0.29, 0.717) is 30.0 Å². The van der Waals surface area contributed by atoms with Gasteiger partial charge in [0.05, 0.1) is 23.7 Å². The number of nitrogens with zero attached hydrogens (tertiary/aromatic N) is 1. The highest BCUT2D eigenvalue weighted by Gasteiger charge is 2.28. The topological polar surface area (TPSA) is 102 Å². The fourth-order valence-electron chi connectivity index (χ4n) is 3.09. The number of hydrogen-bond donors (Lipinski definition) is 1. The molecule has 1 N–H and O–H groups in total. The highest BCUT2D eigenvalue weighted by molar-refractivity contribution is 7.89. The predicted octanol–water partition coefficient (Wildman–Crippen LogP) is 2.12. The van der Waals surface area contributed by atoms with Crippen LogP contribution in [0.5, 0.6) is 0 Å². The molecule has 0 spiro atoms. The van der Waals surface area contributed by atoms with Crippen LogP contribution in [0, 0.1) is 13.8 Å². The van der Waals surface area contributed by atoms with Crippen LogP contribution in [0.2, 0.25) is 0 Å². The molecule has 1 aliphatic rings. The monoisotopic (exact) mass is 432 g/mol. The molecule has 9 heteroatoms. The van der Waals surface area contributed by atoms with Crippen LogP contribution in [0.15, 0.2) is 47.4 Å². The number of carbonyl (C=O) groups is 2. The molecule has 0 aliphatic carbocycles. The van der Waals surface area contributed by atoms with E-state index in [1.165, 1.54) is 10.4 Å². The maximum atomic E-state index is 12.9. The maximum absolute atomic E-state index is 12.9. The largest absolute Gasteiger partial charge is 0.452 e. The third kappa shape index (κ3) is 5.05. The van der Waals surface area contributed by atoms with Crippen LogP contribution >= 0.6 is 0 Å². The summed E-state index contributed by atoms with van der Waals surface area (Å²) in [5, 5.41) is 2.58. The second-order valence-corrected chi connectivity index (χ2v) is 8.84. The van der Waals surface area contributed by atoms with Crippen LogP contribution in [-0.4, -0.2) is 57.5 Å². The number of rotatable bonds is 6. The molecule has 3 rings (SSSR count). The van der Waals surface area contributed by atoms with Gasteiger partial charge in [0.25, 0.3) is 5.91 Å². The number of aryl methyl sites for hydroxylation is 2. The Bertz CT molecular complexity index is 1050. The summed E-state index contributed by atoms with van der Waals surface area (Å²) in [5.41, 5.74) is 2.02. The Morgan fingerprint density at radius 2 is 1.77 bits per heavy atom. The minimum absolute atomic E-state index is 0.124. The molecule has 30 heavy (non-hydrogen) atoms. The average Bonchev–Trinajstić information content (AvgIpc) is 2.74. The van der Waals surface area contributed by atoms with E-state index in [0.717, 1.165) is 5.56 Å². The molecular formula is C21H24N2O6S. The summed E-state index contributed by atoms with van der Waals surface area (Å²) in [5.74, 6) is -1.15. The lowest BCUT2D eigenvalue weighted by molar-refractivity contribution is -0.119. The number of amides is 1. The Morgan fingerprint density at radius 3 is 2.47 bits per heavy atom. The van der Waals surface area contributed by atoms with Crippen molar-refractivity contribution in [3.8, 4) is 0 Å². The number of benzene rings is 2. The van der Waals surface area contributed by atoms with Crippen LogP contribution < -0.4 is 5.32 Å². The predicted molar refractivity (Wildman–Crippen MR) is 111 cm³/mol. The van der Waals surface area contributed by atoms with Crippen molar-refractivity contribution >= 4 is 27.6 Å². The molecule has 0 unspecified atom stereocenters. The van der Waals surface area contributed by atoms with E-state index in [9.17, 15) is 18.0 Å². The van der Waals surface area contributed by atoms with Crippen LogP contribution in [0.1, 0.15) is 21.5 Å². The highest BCUT2D eigenvalue weighted by atomic mass is 32.2. The van der Waals surface area contributed by atoms with Gasteiger partial charge < -0.3 is 14.8 Å². The number of esters is 1. The van der Waals surface area contributed by atoms with Gasteiger partial charge in [-0.1, -0.05) is 24.3 Å². The van der Waals surface area contributed by atoms with Crippen molar-refractivity contribution in [3.05, 3.63) is 59.2 Å². The van der Waals surface area contributed by atoms with Crippen molar-refractivity contribution in [3.63, 3.8) is 0 Å². The van der Waals surface area contributed by atoms with Gasteiger partial charge in [-0.3, -0.25) is 4.79 Å². The third-order valence-corrected chi connectivity index (χ3v) is 6.80. The molecule has 1 amide bonds. The van der Waals surface area contributed by atoms with E-state index in [1.54, 1.807) is 50.2 Å². The zero-order chi connectivity index (χ0) is 21.7. The van der Waals surface area contributed by atoms with Gasteiger partial charge in [-0.05, 0) is 43.2 Å². The lowest BCUT2D eigenvalue weighted by atomic mass is 10.1. The maximum Gasteiger partial charge on any atom is 0.338 e. The van der Waals surface area contributed by atoms with E-state index in [2.05, 4.69) is 5.32 Å². The van der Waals surface area contributed by atoms with Gasteiger partial charge in [0.15, 0.2) is 6.61 Å². The molecule has 0 atom stereocenters. The molecule has 8 nitrogen and oxygen atoms in total. The second kappa shape index (κ2) is 9.38. The molecule has 160 valence electrons. The highest BCUT2D eigenvalue weighted by Crippen LogP contribution is 2.24. The van der Waals surface area contributed by atoms with Gasteiger partial charge in [-0.25, -0.2) is 13.2 Å². The zero-order valence-corrected chi connectivity index (χ0v) is 17.7. The van der Waals surface area contributed by atoms with E-state index < -0.39 is 28.5 Å². The normalized spacial score (nSPS) is 14.9. The van der Waals surface area contributed by atoms with Crippen LogP contribution in [0.4, 0.5) is 5.69 Å². The molecule has 0 saturated carbocycles. The summed E-state index contributed by atoms with van der Waals surface area (Å²) >= 11 is 0. The Balaban J connectivity index is 1.67. The quantitative estimate of drug-likeness (QED) is 0.702. The number of nitrogens with one attached hydrogen (secondary N) is 1. The van der Waals surface area contributed by atoms with E-state index in [-0.39, 0.29) is 18.0 Å². The van der Waals surface area contributed by atoms with Crippen molar-refractivity contribution in [2.45, 2.75) is 18.7 Å². The fraction of sp³-hybridized carbons (Fsp3) is 0.333. The minimum atomic E-state index is -3.70. The first-order valence-electron chi connectivity index (χ1n) is 9.50. The number of ether oxygens (including phenoxy) is 2. The fourth-order valence-corrected chi connectivity index (χ4v) is 4.75. The molecule has 2 aromatic carbocycles. The molecule has 2 aromatic rings. The van der Waals surface area contributed by atoms with Gasteiger partial charge in [0, 0.05) is 18.8 Å². The van der Waals surface area contributed by atoms with Crippen LogP contribution in [0.25, 0.3) is 0 Å². The Morgan fingerprint density at radius 1 is 1.07 bits per heavy atom. The molecule has 1 heterocycles. The lowest BCUT2D eigenvalue weighted by Crippen LogP contribution is -2.40. The van der Waals surface area contributed by atoms with Crippen molar-refractivity contribution in [1.82, 2.24) is 4.31 Å². The number of sulfonamides is 1. The minimum Gasteiger partial charge on any atom is -0.452 e. The molecular weight excluding hydrogens is 408 g/mol. The molecule has 1 fully saturated rings. The summed E-state index contributed by atoms with van der Waals surface area (Å²) in [6.07, 6.45) is 0. The van der Waals surface area contributed by atoms with E-state index in [1.807, 2.05) is 0 Å². The van der Waals surface area contributed by atoms with Gasteiger partial charge >= 0.3 is 5.97 Å². The zero-order valence-electron chi connectivity index (χ0n) is 16.9. The third-order valence-electron chi connectivity index (χ3n) is 4.76. The van der Waals surface area contributed by atoms with Crippen LogP contribution in [0.3, 0.4) is 0 Å². The Kier molecular flexibility index (Phi) is 6.86. The smallest absolute Gasteiger partial charge is 0.338 e.